The molecule has 6 nitrogen and oxygen atoms in total. The van der Waals surface area contributed by atoms with Gasteiger partial charge < -0.3 is 10.1 Å². The Hall–Kier alpha value is -2.54. The molecule has 0 aliphatic carbocycles. The summed E-state index contributed by atoms with van der Waals surface area (Å²) in [5, 5.41) is 2.83. The van der Waals surface area contributed by atoms with Crippen LogP contribution >= 0.6 is 0 Å². The van der Waals surface area contributed by atoms with Gasteiger partial charge in [0.1, 0.15) is 5.75 Å². The van der Waals surface area contributed by atoms with Gasteiger partial charge in [0.15, 0.2) is 6.10 Å². The first-order chi connectivity index (χ1) is 12.3. The lowest BCUT2D eigenvalue weighted by atomic mass is 10.1. The smallest absolute Gasteiger partial charge is 0.267 e. The Kier molecular flexibility index (Phi) is 4.91. The van der Waals surface area contributed by atoms with Crippen molar-refractivity contribution in [1.82, 2.24) is 0 Å². The quantitative estimate of drug-likeness (QED) is 0.893. The second-order valence-corrected chi connectivity index (χ2v) is 8.55. The highest BCUT2D eigenvalue weighted by molar-refractivity contribution is 7.92. The first-order valence-corrected chi connectivity index (χ1v) is 10.1. The number of rotatable bonds is 4. The van der Waals surface area contributed by atoms with Crippen molar-refractivity contribution in [2.75, 3.05) is 21.9 Å². The van der Waals surface area contributed by atoms with Gasteiger partial charge in [-0.2, -0.15) is 0 Å². The molecule has 0 aromatic heterocycles. The first-order valence-electron chi connectivity index (χ1n) is 8.45. The van der Waals surface area contributed by atoms with Crippen molar-refractivity contribution in [3.05, 3.63) is 53.6 Å². The Morgan fingerprint density at radius 1 is 1.19 bits per heavy atom. The van der Waals surface area contributed by atoms with E-state index in [0.717, 1.165) is 11.1 Å². The van der Waals surface area contributed by atoms with Crippen LogP contribution in [0.5, 0.6) is 5.75 Å². The van der Waals surface area contributed by atoms with Crippen LogP contribution in [0.15, 0.2) is 42.5 Å². The Morgan fingerprint density at radius 3 is 2.50 bits per heavy atom. The normalized spacial score (nSPS) is 16.6. The third kappa shape index (κ3) is 3.67. The van der Waals surface area contributed by atoms with Crippen LogP contribution in [0.1, 0.15) is 18.1 Å². The van der Waals surface area contributed by atoms with Gasteiger partial charge in [0.2, 0.25) is 10.0 Å². The molecule has 138 valence electrons. The second kappa shape index (κ2) is 6.99. The molecule has 1 N–H and O–H groups in total. The van der Waals surface area contributed by atoms with Crippen LogP contribution in [-0.2, 0) is 14.8 Å². The summed E-state index contributed by atoms with van der Waals surface area (Å²) in [7, 11) is -3.51. The maximum absolute atomic E-state index is 12.7. The van der Waals surface area contributed by atoms with Gasteiger partial charge in [0, 0.05) is 5.69 Å². The van der Waals surface area contributed by atoms with E-state index in [2.05, 4.69) is 5.32 Å². The summed E-state index contributed by atoms with van der Waals surface area (Å²) >= 11 is 0. The predicted molar refractivity (Wildman–Crippen MR) is 102 cm³/mol. The number of aryl methyl sites for hydroxylation is 2. The predicted octanol–water partition coefficient (Wildman–Crippen LogP) is 2.86. The number of fused-ring (bicyclic) bond motifs is 1. The molecule has 0 fully saturated rings. The van der Waals surface area contributed by atoms with E-state index in [9.17, 15) is 13.2 Å². The van der Waals surface area contributed by atoms with Gasteiger partial charge in [0.25, 0.3) is 5.91 Å². The van der Waals surface area contributed by atoms with Crippen molar-refractivity contribution < 1.29 is 17.9 Å². The molecule has 1 atom stereocenters. The van der Waals surface area contributed by atoms with Crippen molar-refractivity contribution in [2.24, 2.45) is 0 Å². The maximum atomic E-state index is 12.7. The molecule has 1 heterocycles. The van der Waals surface area contributed by atoms with Crippen LogP contribution in [0, 0.1) is 13.8 Å². The van der Waals surface area contributed by atoms with Crippen LogP contribution < -0.4 is 14.4 Å². The highest BCUT2D eigenvalue weighted by atomic mass is 32.2. The average molecular weight is 374 g/mol. The molecule has 1 aliphatic rings. The number of sulfonamides is 1. The lowest BCUT2D eigenvalue weighted by Crippen LogP contribution is -2.49. The summed E-state index contributed by atoms with van der Waals surface area (Å²) in [6, 6.07) is 12.6. The van der Waals surface area contributed by atoms with Crippen LogP contribution in [0.3, 0.4) is 0 Å². The van der Waals surface area contributed by atoms with Gasteiger partial charge in [-0.25, -0.2) is 8.42 Å². The lowest BCUT2D eigenvalue weighted by molar-refractivity contribution is -0.122. The fourth-order valence-electron chi connectivity index (χ4n) is 3.03. The lowest BCUT2D eigenvalue weighted by Gasteiger charge is -2.34. The topological polar surface area (TPSA) is 75.7 Å². The van der Waals surface area contributed by atoms with Crippen LogP contribution in [0.2, 0.25) is 0 Å². The molecule has 0 radical (unpaired) electrons. The second-order valence-electron chi connectivity index (χ2n) is 6.37. The van der Waals surface area contributed by atoms with E-state index in [1.54, 1.807) is 31.2 Å². The first kappa shape index (κ1) is 18.3. The molecule has 0 saturated heterocycles. The molecule has 7 heteroatoms. The number of ether oxygens (including phenoxy) is 1. The molecule has 2 aromatic rings. The summed E-state index contributed by atoms with van der Waals surface area (Å²) in [5.74, 6) is -0.0376. The summed E-state index contributed by atoms with van der Waals surface area (Å²) in [4.78, 5) is 12.7. The molecule has 26 heavy (non-hydrogen) atoms. The minimum absolute atomic E-state index is 0.0489. The van der Waals surface area contributed by atoms with Gasteiger partial charge in [-0.3, -0.25) is 9.10 Å². The summed E-state index contributed by atoms with van der Waals surface area (Å²) in [5.41, 5.74) is 3.19. The zero-order chi connectivity index (χ0) is 18.9. The molecule has 1 amide bonds. The average Bonchev–Trinajstić information content (AvgIpc) is 2.59. The fourth-order valence-corrected chi connectivity index (χ4v) is 4.15. The Morgan fingerprint density at radius 2 is 1.85 bits per heavy atom. The van der Waals surface area contributed by atoms with Gasteiger partial charge in [-0.15, -0.1) is 0 Å². The number of hydrogen-bond acceptors (Lipinski definition) is 4. The Balaban J connectivity index is 1.88. The van der Waals surface area contributed by atoms with Crippen molar-refractivity contribution in [3.63, 3.8) is 0 Å². The van der Waals surface area contributed by atoms with E-state index in [-0.39, 0.29) is 18.2 Å². The maximum Gasteiger partial charge on any atom is 0.267 e. The van der Waals surface area contributed by atoms with E-state index < -0.39 is 16.1 Å². The molecule has 1 unspecified atom stereocenters. The number of carbonyl (C=O) groups excluding carboxylic acids is 1. The van der Waals surface area contributed by atoms with Crippen LogP contribution in [-0.4, -0.2) is 32.7 Å². The number of para-hydroxylation sites is 2. The number of anilines is 2. The number of hydrogen-bond donors (Lipinski definition) is 1. The summed E-state index contributed by atoms with van der Waals surface area (Å²) in [6.07, 6.45) is -0.924. The zero-order valence-corrected chi connectivity index (χ0v) is 15.8. The highest BCUT2D eigenvalue weighted by Crippen LogP contribution is 2.35. The molecular formula is C19H22N2O4S. The molecule has 1 aliphatic heterocycles. The number of benzene rings is 2. The summed E-state index contributed by atoms with van der Waals surface area (Å²) < 4.78 is 32.0. The van der Waals surface area contributed by atoms with E-state index in [4.69, 9.17) is 4.74 Å². The minimum Gasteiger partial charge on any atom is -0.476 e. The number of nitrogens with zero attached hydrogens (tertiary/aromatic N) is 1. The Labute approximate surface area is 153 Å². The van der Waals surface area contributed by atoms with Crippen LogP contribution in [0.25, 0.3) is 0 Å². The van der Waals surface area contributed by atoms with Gasteiger partial charge in [0.05, 0.1) is 18.0 Å². The molecule has 2 aromatic carbocycles. The van der Waals surface area contributed by atoms with Crippen molar-refractivity contribution in [2.45, 2.75) is 26.9 Å². The molecule has 0 bridgehead atoms. The standard InChI is InChI=1S/C19H22N2O4S/c1-4-26(23,24)21-12-18(25-17-8-6-5-7-16(17)21)19(22)20-15-10-13(2)9-14(3)11-15/h5-11,18H,4,12H2,1-3H3,(H,20,22). The third-order valence-electron chi connectivity index (χ3n) is 4.22. The fraction of sp³-hybridized carbons (Fsp3) is 0.316. The largest absolute Gasteiger partial charge is 0.476 e. The van der Waals surface area contributed by atoms with E-state index in [1.165, 1.54) is 4.31 Å². The van der Waals surface area contributed by atoms with Crippen molar-refractivity contribution >= 4 is 27.3 Å². The van der Waals surface area contributed by atoms with Gasteiger partial charge in [-0.05, 0) is 56.2 Å². The number of carbonyl (C=O) groups is 1. The molecular weight excluding hydrogens is 352 g/mol. The SMILES string of the molecule is CCS(=O)(=O)N1CC(C(=O)Nc2cc(C)cc(C)c2)Oc2ccccc21. The van der Waals surface area contributed by atoms with Crippen LogP contribution in [0.4, 0.5) is 11.4 Å². The van der Waals surface area contributed by atoms with Gasteiger partial charge >= 0.3 is 0 Å². The van der Waals surface area contributed by atoms with E-state index in [0.29, 0.717) is 17.1 Å². The van der Waals surface area contributed by atoms with E-state index >= 15 is 0 Å². The molecule has 0 spiro atoms. The van der Waals surface area contributed by atoms with Crippen molar-refractivity contribution in [1.29, 1.82) is 0 Å². The number of nitrogens with one attached hydrogen (secondary N) is 1. The monoisotopic (exact) mass is 374 g/mol. The third-order valence-corrected chi connectivity index (χ3v) is 5.96. The van der Waals surface area contributed by atoms with Crippen molar-refractivity contribution in [3.8, 4) is 5.75 Å². The Bertz CT molecular complexity index is 920. The molecule has 3 rings (SSSR count). The molecule has 0 saturated carbocycles. The highest BCUT2D eigenvalue weighted by Gasteiger charge is 2.35. The minimum atomic E-state index is -3.51. The van der Waals surface area contributed by atoms with Gasteiger partial charge in [-0.1, -0.05) is 18.2 Å². The zero-order valence-electron chi connectivity index (χ0n) is 15.0. The summed E-state index contributed by atoms with van der Waals surface area (Å²) in [6.45, 7) is 5.43. The number of amides is 1. The van der Waals surface area contributed by atoms with E-state index in [1.807, 2.05) is 32.0 Å².